The van der Waals surface area contributed by atoms with Crippen molar-refractivity contribution < 1.29 is 8.78 Å². The fraction of sp³-hybridized carbons (Fsp3) is 0.333. The molecule has 0 bridgehead atoms. The third kappa shape index (κ3) is 2.03. The van der Waals surface area contributed by atoms with Crippen molar-refractivity contribution >= 4 is 15.9 Å². The molecule has 0 fully saturated rings. The second kappa shape index (κ2) is 3.13. The predicted molar refractivity (Wildman–Crippen MR) is 48.3 cm³/mol. The zero-order valence-electron chi connectivity index (χ0n) is 6.87. The summed E-state index contributed by atoms with van der Waals surface area (Å²) in [5.74, 6) is -1.06. The van der Waals surface area contributed by atoms with Gasteiger partial charge in [0, 0.05) is 16.0 Å². The van der Waals surface area contributed by atoms with Gasteiger partial charge in [0.2, 0.25) is 0 Å². The molecule has 12 heavy (non-hydrogen) atoms. The lowest BCUT2D eigenvalue weighted by Gasteiger charge is -2.17. The van der Waals surface area contributed by atoms with Crippen LogP contribution in [0.3, 0.4) is 0 Å². The topological polar surface area (TPSA) is 0 Å². The summed E-state index contributed by atoms with van der Waals surface area (Å²) in [4.78, 5) is 0. The number of hydrogen-bond acceptors (Lipinski definition) is 0. The van der Waals surface area contributed by atoms with Crippen molar-refractivity contribution in [3.8, 4) is 0 Å². The second-order valence-electron chi connectivity index (χ2n) is 3.10. The van der Waals surface area contributed by atoms with Gasteiger partial charge in [-0.25, -0.2) is 8.78 Å². The minimum atomic E-state index is -0.548. The first-order valence-corrected chi connectivity index (χ1v) is 4.35. The van der Waals surface area contributed by atoms with Gasteiger partial charge in [-0.2, -0.15) is 0 Å². The summed E-state index contributed by atoms with van der Waals surface area (Å²) in [6.07, 6.45) is 0. The summed E-state index contributed by atoms with van der Waals surface area (Å²) in [7, 11) is 0. The molecule has 3 heteroatoms. The minimum Gasteiger partial charge on any atom is -0.207 e. The smallest absolute Gasteiger partial charge is 0.130 e. The van der Waals surface area contributed by atoms with Crippen molar-refractivity contribution in [2.75, 3.05) is 0 Å². The van der Waals surface area contributed by atoms with Crippen LogP contribution in [-0.4, -0.2) is 0 Å². The molecular weight excluding hydrogens is 226 g/mol. The molecule has 0 amide bonds. The second-order valence-corrected chi connectivity index (χ2v) is 5.08. The summed E-state index contributed by atoms with van der Waals surface area (Å²) in [6, 6.07) is 3.58. The Morgan fingerprint density at radius 1 is 1.25 bits per heavy atom. The highest BCUT2D eigenvalue weighted by atomic mass is 79.9. The molecule has 66 valence electrons. The molecule has 1 aromatic carbocycles. The quantitative estimate of drug-likeness (QED) is 0.652. The highest BCUT2D eigenvalue weighted by molar-refractivity contribution is 9.09. The minimum absolute atomic E-state index is 0.454. The van der Waals surface area contributed by atoms with E-state index in [9.17, 15) is 8.78 Å². The van der Waals surface area contributed by atoms with Crippen molar-refractivity contribution in [2.45, 2.75) is 18.2 Å². The van der Waals surface area contributed by atoms with Gasteiger partial charge in [-0.05, 0) is 19.9 Å². The molecular formula is C9H9BrF2. The van der Waals surface area contributed by atoms with Crippen LogP contribution in [0.4, 0.5) is 8.78 Å². The number of alkyl halides is 1. The van der Waals surface area contributed by atoms with Crippen LogP contribution in [0.1, 0.15) is 19.4 Å². The summed E-state index contributed by atoms with van der Waals surface area (Å²) >= 11 is 3.30. The molecule has 0 aliphatic heterocycles. The van der Waals surface area contributed by atoms with Gasteiger partial charge in [0.05, 0.1) is 0 Å². The Labute approximate surface area is 78.7 Å². The maximum absolute atomic E-state index is 13.1. The van der Waals surface area contributed by atoms with E-state index in [4.69, 9.17) is 0 Å². The number of halogens is 3. The van der Waals surface area contributed by atoms with Crippen LogP contribution < -0.4 is 0 Å². The summed E-state index contributed by atoms with van der Waals surface area (Å²) in [5, 5.41) is 0. The van der Waals surface area contributed by atoms with E-state index in [0.717, 1.165) is 6.07 Å². The van der Waals surface area contributed by atoms with Crippen molar-refractivity contribution in [3.63, 3.8) is 0 Å². The lowest BCUT2D eigenvalue weighted by molar-refractivity contribution is 0.560. The lowest BCUT2D eigenvalue weighted by atomic mass is 10.0. The van der Waals surface area contributed by atoms with E-state index in [1.54, 1.807) is 0 Å². The van der Waals surface area contributed by atoms with Gasteiger partial charge < -0.3 is 0 Å². The van der Waals surface area contributed by atoms with E-state index in [1.807, 2.05) is 13.8 Å². The molecule has 0 nitrogen and oxygen atoms in total. The molecule has 0 saturated heterocycles. The summed E-state index contributed by atoms with van der Waals surface area (Å²) in [6.45, 7) is 3.62. The van der Waals surface area contributed by atoms with E-state index < -0.39 is 16.0 Å². The standard InChI is InChI=1S/C9H9BrF2/c1-9(2,10)7-4-3-6(11)5-8(7)12/h3-5H,1-2H3. The van der Waals surface area contributed by atoms with Crippen LogP contribution >= 0.6 is 15.9 Å². The average molecular weight is 235 g/mol. The van der Waals surface area contributed by atoms with E-state index in [-0.39, 0.29) is 0 Å². The molecule has 0 aromatic heterocycles. The van der Waals surface area contributed by atoms with Crippen LogP contribution in [0.5, 0.6) is 0 Å². The molecule has 0 heterocycles. The van der Waals surface area contributed by atoms with Crippen LogP contribution in [0.15, 0.2) is 18.2 Å². The number of rotatable bonds is 1. The van der Waals surface area contributed by atoms with Gasteiger partial charge in [0.1, 0.15) is 11.6 Å². The molecule has 0 atom stereocenters. The maximum atomic E-state index is 13.1. The third-order valence-corrected chi connectivity index (χ3v) is 2.00. The molecule has 0 N–H and O–H groups in total. The van der Waals surface area contributed by atoms with Crippen molar-refractivity contribution in [2.24, 2.45) is 0 Å². The number of hydrogen-bond donors (Lipinski definition) is 0. The normalized spacial score (nSPS) is 11.8. The van der Waals surface area contributed by atoms with E-state index in [0.29, 0.717) is 5.56 Å². The fourth-order valence-corrected chi connectivity index (χ4v) is 1.29. The maximum Gasteiger partial charge on any atom is 0.130 e. The fourth-order valence-electron chi connectivity index (χ4n) is 0.972. The van der Waals surface area contributed by atoms with Crippen LogP contribution in [-0.2, 0) is 4.32 Å². The van der Waals surface area contributed by atoms with Gasteiger partial charge in [-0.3, -0.25) is 0 Å². The Balaban J connectivity index is 3.19. The molecule has 0 aliphatic carbocycles. The van der Waals surface area contributed by atoms with Gasteiger partial charge in [-0.1, -0.05) is 22.0 Å². The number of benzene rings is 1. The Kier molecular flexibility index (Phi) is 2.52. The monoisotopic (exact) mass is 234 g/mol. The summed E-state index contributed by atoms with van der Waals surface area (Å²) in [5.41, 5.74) is 0.462. The van der Waals surface area contributed by atoms with Gasteiger partial charge in [0.25, 0.3) is 0 Å². The largest absolute Gasteiger partial charge is 0.207 e. The highest BCUT2D eigenvalue weighted by Crippen LogP contribution is 2.31. The van der Waals surface area contributed by atoms with E-state index >= 15 is 0 Å². The first-order chi connectivity index (χ1) is 5.41. The first kappa shape index (κ1) is 9.65. The van der Waals surface area contributed by atoms with Crippen LogP contribution in [0.25, 0.3) is 0 Å². The van der Waals surface area contributed by atoms with Crippen LogP contribution in [0.2, 0.25) is 0 Å². The SMILES string of the molecule is CC(C)(Br)c1ccc(F)cc1F. The molecule has 1 aromatic rings. The molecule has 0 aliphatic rings. The molecule has 0 radical (unpaired) electrons. The molecule has 0 saturated carbocycles. The predicted octanol–water partition coefficient (Wildman–Crippen LogP) is 3.59. The Hall–Kier alpha value is -0.440. The third-order valence-electron chi connectivity index (χ3n) is 1.57. The lowest BCUT2D eigenvalue weighted by Crippen LogP contribution is -2.09. The first-order valence-electron chi connectivity index (χ1n) is 3.55. The zero-order valence-corrected chi connectivity index (χ0v) is 8.45. The van der Waals surface area contributed by atoms with Crippen molar-refractivity contribution in [1.82, 2.24) is 0 Å². The van der Waals surface area contributed by atoms with Crippen LogP contribution in [0, 0.1) is 11.6 Å². The van der Waals surface area contributed by atoms with Crippen molar-refractivity contribution in [3.05, 3.63) is 35.4 Å². The Morgan fingerprint density at radius 3 is 2.25 bits per heavy atom. The molecule has 0 unspecified atom stereocenters. The van der Waals surface area contributed by atoms with Gasteiger partial charge in [-0.15, -0.1) is 0 Å². The van der Waals surface area contributed by atoms with Gasteiger partial charge in [0.15, 0.2) is 0 Å². The van der Waals surface area contributed by atoms with E-state index in [1.165, 1.54) is 12.1 Å². The molecule has 1 rings (SSSR count). The van der Waals surface area contributed by atoms with Crippen molar-refractivity contribution in [1.29, 1.82) is 0 Å². The zero-order chi connectivity index (χ0) is 9.35. The summed E-state index contributed by atoms with van der Waals surface area (Å²) < 4.78 is 25.1. The highest BCUT2D eigenvalue weighted by Gasteiger charge is 2.20. The Bertz CT molecular complexity index is 289. The Morgan fingerprint density at radius 2 is 1.83 bits per heavy atom. The van der Waals surface area contributed by atoms with Gasteiger partial charge >= 0.3 is 0 Å². The van der Waals surface area contributed by atoms with E-state index in [2.05, 4.69) is 15.9 Å². The molecule has 0 spiro atoms. The average Bonchev–Trinajstić information content (AvgIpc) is 1.83.